The summed E-state index contributed by atoms with van der Waals surface area (Å²) in [5, 5.41) is 0. The maximum Gasteiger partial charge on any atom is 0.414 e. The molecule has 0 unspecified atom stereocenters. The molecular weight excluding hydrogens is 328 g/mol. The van der Waals surface area contributed by atoms with Crippen molar-refractivity contribution in [1.29, 1.82) is 0 Å². The van der Waals surface area contributed by atoms with Gasteiger partial charge in [0.2, 0.25) is 0 Å². The van der Waals surface area contributed by atoms with E-state index in [9.17, 15) is 4.79 Å². The van der Waals surface area contributed by atoms with Crippen molar-refractivity contribution >= 4 is 17.5 Å². The van der Waals surface area contributed by atoms with Gasteiger partial charge in [0.05, 0.1) is 11.4 Å². The first kappa shape index (κ1) is 23.3. The molecule has 0 aliphatic heterocycles. The van der Waals surface area contributed by atoms with Crippen molar-refractivity contribution in [2.75, 3.05) is 17.7 Å². The van der Waals surface area contributed by atoms with Crippen LogP contribution in [0.25, 0.3) is 0 Å². The van der Waals surface area contributed by atoms with Gasteiger partial charge in [0.15, 0.2) is 0 Å². The summed E-state index contributed by atoms with van der Waals surface area (Å²) in [7, 11) is 1.60. The lowest BCUT2D eigenvalue weighted by molar-refractivity contribution is 0.0589. The average molecular weight is 360 g/mol. The maximum absolute atomic E-state index is 12.2. The highest BCUT2D eigenvalue weighted by molar-refractivity contribution is 5.91. The Morgan fingerprint density at radius 2 is 1.88 bits per heavy atom. The van der Waals surface area contributed by atoms with Crippen LogP contribution in [0.4, 0.5) is 16.2 Å². The Kier molecular flexibility index (Phi) is 9.89. The fourth-order valence-corrected chi connectivity index (χ4v) is 1.78. The molecule has 0 saturated carbocycles. The largest absolute Gasteiger partial charge is 0.457 e. The number of allylic oxidation sites excluding steroid dienone is 4. The van der Waals surface area contributed by atoms with Gasteiger partial charge in [-0.1, -0.05) is 32.6 Å². The van der Waals surface area contributed by atoms with Gasteiger partial charge in [-0.25, -0.2) is 4.79 Å². The number of hydrogen-bond acceptors (Lipinski definition) is 4. The second kappa shape index (κ2) is 11.0. The van der Waals surface area contributed by atoms with Gasteiger partial charge >= 0.3 is 6.09 Å². The number of benzene rings is 1. The van der Waals surface area contributed by atoms with Crippen LogP contribution in [-0.2, 0) is 4.74 Å². The van der Waals surface area contributed by atoms with Crippen LogP contribution in [0.1, 0.15) is 41.5 Å². The Bertz CT molecular complexity index is 656. The first-order chi connectivity index (χ1) is 12.2. The van der Waals surface area contributed by atoms with Gasteiger partial charge in [0, 0.05) is 13.1 Å². The molecule has 0 atom stereocenters. The number of nitrogen functional groups attached to an aromatic ring is 1. The molecule has 0 spiro atoms. The lowest BCUT2D eigenvalue weighted by atomic mass is 10.2. The van der Waals surface area contributed by atoms with E-state index in [-0.39, 0.29) is 0 Å². The van der Waals surface area contributed by atoms with Gasteiger partial charge in [-0.15, -0.1) is 0 Å². The number of hydrogen-bond donors (Lipinski definition) is 1. The minimum absolute atomic E-state index is 0.452. The molecule has 0 radical (unpaired) electrons. The predicted octanol–water partition coefficient (Wildman–Crippen LogP) is 5.69. The summed E-state index contributed by atoms with van der Waals surface area (Å²) < 4.78 is 11.1. The molecule has 1 aromatic rings. The number of amides is 1. The van der Waals surface area contributed by atoms with E-state index in [4.69, 9.17) is 15.2 Å². The van der Waals surface area contributed by atoms with E-state index >= 15 is 0 Å². The molecular formula is C21H32N2O3. The van der Waals surface area contributed by atoms with Crippen LogP contribution in [0.3, 0.4) is 0 Å². The summed E-state index contributed by atoms with van der Waals surface area (Å²) in [6.45, 7) is 15.1. The standard InChI is InChI=1S/C19H26N2O3.C2H6/c1-7-9-10-14(8-2)23-15-11-12-16(20)17(13-15)21(6)18(22)24-19(3,4)5;1-2/h7-13H,2,20H2,1,3-6H3;1-2H3/b9-7-,14-10+;. The predicted molar refractivity (Wildman–Crippen MR) is 111 cm³/mol. The lowest BCUT2D eigenvalue weighted by Crippen LogP contribution is -2.34. The molecule has 0 fully saturated rings. The number of carbonyl (C=O) groups is 1. The van der Waals surface area contributed by atoms with Gasteiger partial charge < -0.3 is 15.2 Å². The molecule has 1 rings (SSSR count). The zero-order valence-corrected chi connectivity index (χ0v) is 17.0. The third-order valence-electron chi connectivity index (χ3n) is 2.92. The van der Waals surface area contributed by atoms with Crippen molar-refractivity contribution in [1.82, 2.24) is 0 Å². The van der Waals surface area contributed by atoms with E-state index in [1.54, 1.807) is 37.4 Å². The molecule has 1 aromatic carbocycles. The summed E-state index contributed by atoms with van der Waals surface area (Å²) in [4.78, 5) is 13.6. The molecule has 0 aliphatic carbocycles. The van der Waals surface area contributed by atoms with Gasteiger partial charge in [0.25, 0.3) is 0 Å². The van der Waals surface area contributed by atoms with E-state index in [1.165, 1.54) is 4.90 Å². The van der Waals surface area contributed by atoms with Crippen LogP contribution in [0, 0.1) is 0 Å². The van der Waals surface area contributed by atoms with Crippen LogP contribution < -0.4 is 15.4 Å². The van der Waals surface area contributed by atoms with Gasteiger partial charge in [-0.05, 0) is 52.0 Å². The summed E-state index contributed by atoms with van der Waals surface area (Å²) in [5.74, 6) is 1.13. The number of ether oxygens (including phenoxy) is 2. The van der Waals surface area contributed by atoms with E-state index < -0.39 is 11.7 Å². The van der Waals surface area contributed by atoms with Crippen molar-refractivity contribution in [3.63, 3.8) is 0 Å². The highest BCUT2D eigenvalue weighted by Crippen LogP contribution is 2.29. The monoisotopic (exact) mass is 360 g/mol. The lowest BCUT2D eigenvalue weighted by Gasteiger charge is -2.25. The van der Waals surface area contributed by atoms with Crippen LogP contribution in [0.2, 0.25) is 0 Å². The molecule has 1 amide bonds. The zero-order valence-electron chi connectivity index (χ0n) is 17.0. The highest BCUT2D eigenvalue weighted by atomic mass is 16.6. The summed E-state index contributed by atoms with van der Waals surface area (Å²) in [6, 6.07) is 5.10. The first-order valence-electron chi connectivity index (χ1n) is 8.67. The second-order valence-electron chi connectivity index (χ2n) is 6.16. The smallest absolute Gasteiger partial charge is 0.414 e. The van der Waals surface area contributed by atoms with Gasteiger partial charge in [-0.2, -0.15) is 0 Å². The van der Waals surface area contributed by atoms with Crippen molar-refractivity contribution in [2.45, 2.75) is 47.1 Å². The van der Waals surface area contributed by atoms with E-state index in [0.717, 1.165) is 0 Å². The Balaban J connectivity index is 0.00000301. The van der Waals surface area contributed by atoms with Crippen LogP contribution >= 0.6 is 0 Å². The Hall–Kier alpha value is -2.69. The molecule has 0 saturated heterocycles. The maximum atomic E-state index is 12.2. The fourth-order valence-electron chi connectivity index (χ4n) is 1.78. The first-order valence-corrected chi connectivity index (χ1v) is 8.67. The molecule has 0 aliphatic rings. The number of rotatable bonds is 5. The van der Waals surface area contributed by atoms with Crippen molar-refractivity contribution in [3.05, 3.63) is 54.8 Å². The zero-order chi connectivity index (χ0) is 20.3. The fraction of sp³-hybridized carbons (Fsp3) is 0.381. The Morgan fingerprint density at radius 3 is 2.38 bits per heavy atom. The molecule has 0 aromatic heterocycles. The van der Waals surface area contributed by atoms with Crippen LogP contribution in [0.15, 0.2) is 54.8 Å². The number of carbonyl (C=O) groups excluding carboxylic acids is 1. The Labute approximate surface area is 157 Å². The summed E-state index contributed by atoms with van der Waals surface area (Å²) in [5.41, 5.74) is 6.36. The number of anilines is 2. The van der Waals surface area contributed by atoms with Crippen LogP contribution in [-0.4, -0.2) is 18.7 Å². The van der Waals surface area contributed by atoms with Crippen LogP contribution in [0.5, 0.6) is 5.75 Å². The summed E-state index contributed by atoms with van der Waals surface area (Å²) in [6.07, 6.45) is 6.65. The normalized spacial score (nSPS) is 11.4. The minimum atomic E-state index is -0.584. The van der Waals surface area contributed by atoms with E-state index in [0.29, 0.717) is 22.9 Å². The molecule has 0 bridgehead atoms. The van der Waals surface area contributed by atoms with Gasteiger partial charge in [-0.3, -0.25) is 4.90 Å². The minimum Gasteiger partial charge on any atom is -0.457 e. The van der Waals surface area contributed by atoms with Gasteiger partial charge in [0.1, 0.15) is 17.1 Å². The number of nitrogens with zero attached hydrogens (tertiary/aromatic N) is 1. The number of nitrogens with two attached hydrogens (primary N) is 1. The molecule has 2 N–H and O–H groups in total. The molecule has 0 heterocycles. The third kappa shape index (κ3) is 7.92. The van der Waals surface area contributed by atoms with E-state index in [2.05, 4.69) is 6.58 Å². The molecule has 5 nitrogen and oxygen atoms in total. The quantitative estimate of drug-likeness (QED) is 0.416. The molecule has 26 heavy (non-hydrogen) atoms. The molecule has 5 heteroatoms. The van der Waals surface area contributed by atoms with E-state index in [1.807, 2.05) is 53.7 Å². The van der Waals surface area contributed by atoms with Crippen molar-refractivity contribution < 1.29 is 14.3 Å². The summed E-state index contributed by atoms with van der Waals surface area (Å²) >= 11 is 0. The SMILES string of the molecule is C=C/C(=C\C=C/C)Oc1ccc(N)c(N(C)C(=O)OC(C)(C)C)c1.CC. The highest BCUT2D eigenvalue weighted by Gasteiger charge is 2.22. The Morgan fingerprint density at radius 1 is 1.27 bits per heavy atom. The van der Waals surface area contributed by atoms with Crippen molar-refractivity contribution in [3.8, 4) is 5.75 Å². The second-order valence-corrected chi connectivity index (χ2v) is 6.16. The third-order valence-corrected chi connectivity index (χ3v) is 2.92. The topological polar surface area (TPSA) is 64.8 Å². The average Bonchev–Trinajstić information content (AvgIpc) is 2.59. The molecule has 144 valence electrons. The van der Waals surface area contributed by atoms with Crippen molar-refractivity contribution in [2.24, 2.45) is 0 Å².